The van der Waals surface area contributed by atoms with Gasteiger partial charge in [0.25, 0.3) is 0 Å². The van der Waals surface area contributed by atoms with Crippen molar-refractivity contribution in [2.45, 2.75) is 6.42 Å². The third-order valence-electron chi connectivity index (χ3n) is 1.92. The molecule has 0 saturated carbocycles. The number of aromatic nitrogens is 1. The largest absolute Gasteiger partial charge is 0.492 e. The Balaban J connectivity index is 2.42. The Labute approximate surface area is 99.7 Å². The van der Waals surface area contributed by atoms with E-state index in [-0.39, 0.29) is 0 Å². The first kappa shape index (κ1) is 13.2. The van der Waals surface area contributed by atoms with Crippen LogP contribution in [0, 0.1) is 0 Å². The molecule has 0 aliphatic heterocycles. The van der Waals surface area contributed by atoms with Crippen molar-refractivity contribution in [3.63, 3.8) is 0 Å². The molecule has 5 heteroatoms. The quantitative estimate of drug-likeness (QED) is 0.576. The molecule has 1 rings (SSSR count). The third-order valence-corrected chi connectivity index (χ3v) is 1.92. The van der Waals surface area contributed by atoms with Crippen LogP contribution in [0.5, 0.6) is 5.75 Å². The highest BCUT2D eigenvalue weighted by Crippen LogP contribution is 2.10. The van der Waals surface area contributed by atoms with Crippen LogP contribution < -0.4 is 4.74 Å². The van der Waals surface area contributed by atoms with Crippen molar-refractivity contribution in [2.24, 2.45) is 0 Å². The average Bonchev–Trinajstić information content (AvgIpc) is 2.33. The molecule has 0 amide bonds. The van der Waals surface area contributed by atoms with E-state index in [0.717, 1.165) is 12.5 Å². The first-order chi connectivity index (χ1) is 8.22. The molecule has 0 bridgehead atoms. The van der Waals surface area contributed by atoms with Crippen molar-refractivity contribution in [1.29, 1.82) is 0 Å². The number of nitrogens with zero attached hydrogens (tertiary/aromatic N) is 1. The van der Waals surface area contributed by atoms with Gasteiger partial charge in [-0.3, -0.25) is 4.98 Å². The van der Waals surface area contributed by atoms with E-state index in [0.29, 0.717) is 24.7 Å². The maximum absolute atomic E-state index is 10.3. The van der Waals surface area contributed by atoms with Gasteiger partial charge in [0.05, 0.1) is 18.5 Å². The van der Waals surface area contributed by atoms with Gasteiger partial charge in [-0.1, -0.05) is 0 Å². The molecular formula is C12H15NO4. The highest BCUT2D eigenvalue weighted by molar-refractivity contribution is 5.84. The summed E-state index contributed by atoms with van der Waals surface area (Å²) in [6.07, 6.45) is 4.85. The maximum Gasteiger partial charge on any atom is 0.328 e. The predicted octanol–water partition coefficient (Wildman–Crippen LogP) is 1.59. The van der Waals surface area contributed by atoms with Gasteiger partial charge in [-0.05, 0) is 18.2 Å². The standard InChI is InChI=1S/C12H15NO4/c1-16-7-2-8-17-11-5-3-10(13-9-11)4-6-12(14)15/h3-6,9H,2,7-8H2,1H3,(H,14,15). The Morgan fingerprint density at radius 2 is 2.29 bits per heavy atom. The van der Waals surface area contributed by atoms with Crippen LogP contribution in [0.25, 0.3) is 6.08 Å². The molecule has 0 aromatic carbocycles. The first-order valence-electron chi connectivity index (χ1n) is 5.21. The summed E-state index contributed by atoms with van der Waals surface area (Å²) in [5.41, 5.74) is 0.580. The molecule has 1 N–H and O–H groups in total. The fourth-order valence-electron chi connectivity index (χ4n) is 1.13. The number of rotatable bonds is 7. The number of carboxylic acids is 1. The van der Waals surface area contributed by atoms with Crippen LogP contribution in [0.1, 0.15) is 12.1 Å². The zero-order valence-corrected chi connectivity index (χ0v) is 9.63. The number of methoxy groups -OCH3 is 1. The van der Waals surface area contributed by atoms with E-state index < -0.39 is 5.97 Å². The minimum absolute atomic E-state index is 0.569. The molecule has 0 radical (unpaired) electrons. The number of aliphatic carboxylic acids is 1. The fraction of sp³-hybridized carbons (Fsp3) is 0.333. The van der Waals surface area contributed by atoms with Crippen LogP contribution in [0.4, 0.5) is 0 Å². The zero-order valence-electron chi connectivity index (χ0n) is 9.63. The summed E-state index contributed by atoms with van der Waals surface area (Å²) in [5.74, 6) is -0.333. The summed E-state index contributed by atoms with van der Waals surface area (Å²) in [6, 6.07) is 3.45. The minimum Gasteiger partial charge on any atom is -0.492 e. The van der Waals surface area contributed by atoms with Gasteiger partial charge >= 0.3 is 5.97 Å². The van der Waals surface area contributed by atoms with Crippen LogP contribution in [-0.4, -0.2) is 36.4 Å². The molecule has 17 heavy (non-hydrogen) atoms. The monoisotopic (exact) mass is 237 g/mol. The van der Waals surface area contributed by atoms with Crippen LogP contribution in [0.3, 0.4) is 0 Å². The van der Waals surface area contributed by atoms with Gasteiger partial charge in [0.15, 0.2) is 0 Å². The van der Waals surface area contributed by atoms with Gasteiger partial charge in [-0.2, -0.15) is 0 Å². The van der Waals surface area contributed by atoms with E-state index in [4.69, 9.17) is 14.6 Å². The zero-order chi connectivity index (χ0) is 12.5. The summed E-state index contributed by atoms with van der Waals surface area (Å²) >= 11 is 0. The molecule has 0 aliphatic rings. The van der Waals surface area contributed by atoms with Crippen LogP contribution in [0.2, 0.25) is 0 Å². The lowest BCUT2D eigenvalue weighted by molar-refractivity contribution is -0.131. The second-order valence-corrected chi connectivity index (χ2v) is 3.29. The minimum atomic E-state index is -0.994. The van der Waals surface area contributed by atoms with Crippen LogP contribution in [-0.2, 0) is 9.53 Å². The van der Waals surface area contributed by atoms with E-state index in [1.807, 2.05) is 0 Å². The Bertz CT molecular complexity index is 373. The van der Waals surface area contributed by atoms with Gasteiger partial charge in [-0.25, -0.2) is 4.79 Å². The highest BCUT2D eigenvalue weighted by Gasteiger charge is 1.95. The Kier molecular flexibility index (Phi) is 5.74. The van der Waals surface area contributed by atoms with Gasteiger partial charge in [0.1, 0.15) is 5.75 Å². The molecule has 1 heterocycles. The molecule has 1 aromatic heterocycles. The van der Waals surface area contributed by atoms with Gasteiger partial charge in [-0.15, -0.1) is 0 Å². The maximum atomic E-state index is 10.3. The number of hydrogen-bond donors (Lipinski definition) is 1. The number of carboxylic acid groups (broad SMARTS) is 1. The first-order valence-corrected chi connectivity index (χ1v) is 5.21. The molecule has 5 nitrogen and oxygen atoms in total. The van der Waals surface area contributed by atoms with Crippen molar-refractivity contribution in [1.82, 2.24) is 4.98 Å². The van der Waals surface area contributed by atoms with Crippen LogP contribution >= 0.6 is 0 Å². The van der Waals surface area contributed by atoms with Crippen molar-refractivity contribution >= 4 is 12.0 Å². The molecule has 0 atom stereocenters. The van der Waals surface area contributed by atoms with E-state index in [9.17, 15) is 4.79 Å². The topological polar surface area (TPSA) is 68.7 Å². The highest BCUT2D eigenvalue weighted by atomic mass is 16.5. The van der Waals surface area contributed by atoms with Gasteiger partial charge in [0.2, 0.25) is 0 Å². The Morgan fingerprint density at radius 3 is 2.88 bits per heavy atom. The smallest absolute Gasteiger partial charge is 0.328 e. The second kappa shape index (κ2) is 7.40. The summed E-state index contributed by atoms with van der Waals surface area (Å²) in [5, 5.41) is 8.44. The number of hydrogen-bond acceptors (Lipinski definition) is 4. The number of pyridine rings is 1. The molecule has 0 unspecified atom stereocenters. The lowest BCUT2D eigenvalue weighted by atomic mass is 10.3. The average molecular weight is 237 g/mol. The Morgan fingerprint density at radius 1 is 1.47 bits per heavy atom. The summed E-state index contributed by atoms with van der Waals surface area (Å²) in [4.78, 5) is 14.3. The molecular weight excluding hydrogens is 222 g/mol. The summed E-state index contributed by atoms with van der Waals surface area (Å²) in [7, 11) is 1.64. The SMILES string of the molecule is COCCCOc1ccc(C=CC(=O)O)nc1. The van der Waals surface area contributed by atoms with E-state index in [1.165, 1.54) is 6.08 Å². The van der Waals surface area contributed by atoms with Crippen molar-refractivity contribution in [3.05, 3.63) is 30.1 Å². The predicted molar refractivity (Wildman–Crippen MR) is 62.9 cm³/mol. The van der Waals surface area contributed by atoms with Gasteiger partial charge < -0.3 is 14.6 Å². The fourth-order valence-corrected chi connectivity index (χ4v) is 1.13. The molecule has 92 valence electrons. The molecule has 0 fully saturated rings. The lowest BCUT2D eigenvalue weighted by Crippen LogP contribution is -2.01. The number of ether oxygens (including phenoxy) is 2. The molecule has 0 aliphatic carbocycles. The summed E-state index contributed by atoms with van der Waals surface area (Å²) in [6.45, 7) is 1.23. The van der Waals surface area contributed by atoms with Crippen molar-refractivity contribution in [3.8, 4) is 5.75 Å². The lowest BCUT2D eigenvalue weighted by Gasteiger charge is -2.05. The van der Waals surface area contributed by atoms with E-state index in [1.54, 1.807) is 25.4 Å². The van der Waals surface area contributed by atoms with Crippen LogP contribution in [0.15, 0.2) is 24.4 Å². The third kappa shape index (κ3) is 5.67. The molecule has 0 saturated heterocycles. The van der Waals surface area contributed by atoms with Crippen molar-refractivity contribution < 1.29 is 19.4 Å². The van der Waals surface area contributed by atoms with Crippen molar-refractivity contribution in [2.75, 3.05) is 20.3 Å². The molecule has 0 spiro atoms. The normalized spacial score (nSPS) is 10.6. The van der Waals surface area contributed by atoms with E-state index >= 15 is 0 Å². The molecule has 1 aromatic rings. The summed E-state index contributed by atoms with van der Waals surface area (Å²) < 4.78 is 10.3. The van der Waals surface area contributed by atoms with E-state index in [2.05, 4.69) is 4.98 Å². The second-order valence-electron chi connectivity index (χ2n) is 3.29. The number of carbonyl (C=O) groups is 1. The Hall–Kier alpha value is -1.88. The van der Waals surface area contributed by atoms with Gasteiger partial charge in [0, 0.05) is 26.2 Å².